The van der Waals surface area contributed by atoms with E-state index in [-0.39, 0.29) is 122 Å². The van der Waals surface area contributed by atoms with Gasteiger partial charge in [0, 0.05) is 123 Å². The molecule has 2 saturated carbocycles. The summed E-state index contributed by atoms with van der Waals surface area (Å²) >= 11 is 2.76. The van der Waals surface area contributed by atoms with Crippen molar-refractivity contribution in [3.63, 3.8) is 0 Å². The predicted octanol–water partition coefficient (Wildman–Crippen LogP) is 7.75. The maximum Gasteiger partial charge on any atom is 0.411 e. The quantitative estimate of drug-likeness (QED) is 0.00382. The van der Waals surface area contributed by atoms with E-state index in [9.17, 15) is 78.3 Å². The number of anilines is 2. The normalized spacial score (nSPS) is 29.1. The number of rotatable bonds is 45. The van der Waals surface area contributed by atoms with Crippen LogP contribution in [0.25, 0.3) is 11.0 Å². The highest BCUT2D eigenvalue weighted by Gasteiger charge is 2.78. The van der Waals surface area contributed by atoms with Crippen LogP contribution in [0.2, 0.25) is 0 Å². The number of halogens is 1. The standard InChI is InChI=1S/C99H132IN9O31S3/c1-17-109(97(124)132-46-58-26-28-60(29-27-58)104-90(119)65(24-21-36-103-95(102)122)106-91(120)78(48(2)3)107-89(118)59(39-51(6)110)23-18-19-35-101)66-47-130-73(43-71(66)126-13)138-86-81(116)79(108-140-74-42-67(112)88(57(12)133-74)142-92(121)75-54(9)77(100)84(87(129-16)83(75)127-14)139-93-82(117)85(128-15)80(115)56(11)135-93)55(10)134-94(86)137-69-25-20-22-49(4)32-34-98-64(40-52(7)111)68(113)44-99(98,125)63(76(69)98)33-37-141-143-53(8)45-131-96(123)105-61-30-31-62-50(5)38-72(114)136-70(62)41-61/h22,26-31,33,38,41,48,53,55-57,59,64-67,69,71,73-74,76,78-82,85-86,88,93-94,108,112,115-117,125H,17-19,21,23-24,35-37,39-40,42-47,101H2,1-16H3,(H,104,119)(H,105,123)(H,106,120)(H,107,118)(H3,102,103,122)/b49-22-,63-33+/t53-,55-,56+,57-,59-,64?,65+,66+,67+,69+,71+,73+,74+,76?,78+,79-,80+,81+,82-,85-,86-,88-,93+,94+,98?,99+/m1/s1. The van der Waals surface area contributed by atoms with Gasteiger partial charge in [0.15, 0.2) is 30.4 Å². The molecule has 15 N–H and O–H groups in total. The van der Waals surface area contributed by atoms with Gasteiger partial charge in [-0.15, -0.1) is 0 Å². The molecule has 5 heterocycles. The Bertz CT molecular complexity index is 5470. The highest BCUT2D eigenvalue weighted by atomic mass is 127. The number of unbranched alkanes of at least 4 members (excludes halogenated alkanes) is 1. The van der Waals surface area contributed by atoms with Gasteiger partial charge in [-0.3, -0.25) is 34.1 Å². The number of ether oxygens (including phenoxy) is 13. The Kier molecular flexibility index (Phi) is 41.5. The number of benzene rings is 3. The minimum absolute atomic E-state index is 0.0148. The highest BCUT2D eigenvalue weighted by Crippen LogP contribution is 2.70. The van der Waals surface area contributed by atoms with Crippen LogP contribution >= 0.6 is 55.9 Å². The number of nitrogens with zero attached hydrogens (tertiary/aromatic N) is 1. The Balaban J connectivity index is 0.809. The lowest BCUT2D eigenvalue weighted by molar-refractivity contribution is -0.343. The number of allylic oxidation sites excluding steroid dienone is 2. The van der Waals surface area contributed by atoms with E-state index in [2.05, 4.69) is 55.7 Å². The first-order chi connectivity index (χ1) is 68.0. The van der Waals surface area contributed by atoms with E-state index in [1.165, 1.54) is 80.9 Å². The van der Waals surface area contributed by atoms with Gasteiger partial charge in [0.25, 0.3) is 0 Å². The average Bonchev–Trinajstić information content (AvgIpc) is 1.50. The Labute approximate surface area is 855 Å². The lowest BCUT2D eigenvalue weighted by atomic mass is 9.44. The molecule has 26 atom stereocenters. The van der Waals surface area contributed by atoms with Crippen LogP contribution in [-0.4, -0.2) is 288 Å². The number of carbonyl (C=O) groups excluding carboxylic acids is 10. The summed E-state index contributed by atoms with van der Waals surface area (Å²) < 4.78 is 86.5. The third-order valence-electron chi connectivity index (χ3n) is 26.4. The molecule has 4 aromatic rings. The summed E-state index contributed by atoms with van der Waals surface area (Å²) in [5.74, 6) is 6.79. The summed E-state index contributed by atoms with van der Waals surface area (Å²) in [5.41, 5.74) is 13.1. The molecule has 1 aromatic heterocycles. The van der Waals surface area contributed by atoms with Crippen molar-refractivity contribution in [3.8, 4) is 40.9 Å². The van der Waals surface area contributed by atoms with E-state index in [1.54, 1.807) is 111 Å². The lowest BCUT2D eigenvalue weighted by Crippen LogP contribution is -2.69. The Hall–Kier alpha value is -9.09. The second-order valence-corrected chi connectivity index (χ2v) is 42.0. The van der Waals surface area contributed by atoms with Crippen LogP contribution in [0, 0.1) is 70.2 Å². The van der Waals surface area contributed by atoms with E-state index in [0.717, 1.165) is 11.8 Å². The Morgan fingerprint density at radius 3 is 2.15 bits per heavy atom. The zero-order valence-electron chi connectivity index (χ0n) is 82.8. The van der Waals surface area contributed by atoms with Crippen molar-refractivity contribution in [1.82, 2.24) is 26.3 Å². The number of fused-ring (bicyclic) bond motifs is 1. The number of aliphatic hydroxyl groups excluding tert-OH is 4. The van der Waals surface area contributed by atoms with Gasteiger partial charge in [-0.25, -0.2) is 19.2 Å². The fourth-order valence-electron chi connectivity index (χ4n) is 19.0. The number of hydrogen-bond donors (Lipinski definition) is 13. The van der Waals surface area contributed by atoms with E-state index in [0.29, 0.717) is 74.0 Å². The SMILES string of the molecule is CCN(C(=O)OCc1ccc(NC(=O)[C@H](CCCNC(N)=O)NC(=O)[C@@H](NC(=O)[C@H](CCCCN)CC(C)=O)C(C)C)cc1)[C@H]1CO[C@@H](O[C@H]2[C@H](O[C@H]3C#C/C=C(/C)C#CC45C(CC(C)=O)C(=O)C[C@]4(O)/C(=C/CSS[C@H](C)COC(=O)Nc4ccc6c(C)cc(=O)oc6c4)C35)O[C@H](C)[C@@H](NO[C@H]3C[C@H](O)[C@H](SC(=O)c4c(C)c(I)c(O[C@@H]5O[C@@H](C)[C@H](O)[C@@H](OC)[C@H]5O)c(OC)c4OC)[C@@H](C)O3)[C@@H]2O)C[C@@H]1OC. The number of primary amides is 1. The molecular weight excluding hydrogens is 2030 g/mol. The van der Waals surface area contributed by atoms with Gasteiger partial charge >= 0.3 is 23.8 Å². The lowest BCUT2D eigenvalue weighted by Gasteiger charge is -2.60. The zero-order chi connectivity index (χ0) is 104. The molecular formula is C99H132IN9O31S3. The smallest absolute Gasteiger partial charge is 0.411 e. The maximum absolute atomic E-state index is 14.8. The second kappa shape index (κ2) is 52.0. The fraction of sp³-hybridized carbons (Fsp3) is 0.606. The minimum Gasteiger partial charge on any atom is -0.492 e. The first-order valence-corrected chi connectivity index (χ1v) is 51.9. The first kappa shape index (κ1) is 114. The number of nitrogens with one attached hydrogen (secondary N) is 6. The fourth-order valence-corrected chi connectivity index (χ4v) is 22.7. The summed E-state index contributed by atoms with van der Waals surface area (Å²) in [7, 11) is 8.16. The van der Waals surface area contributed by atoms with Crippen LogP contribution in [0.3, 0.4) is 0 Å². The number of ketones is 3. The monoisotopic (exact) mass is 2170 g/mol. The molecule has 784 valence electrons. The molecule has 6 fully saturated rings. The Morgan fingerprint density at radius 1 is 0.769 bits per heavy atom. The molecule has 44 heteroatoms. The molecule has 11 rings (SSSR count). The van der Waals surface area contributed by atoms with Gasteiger partial charge in [-0.05, 0) is 183 Å². The molecule has 0 radical (unpaired) electrons. The van der Waals surface area contributed by atoms with E-state index >= 15 is 0 Å². The van der Waals surface area contributed by atoms with Gasteiger partial charge in [0.1, 0.15) is 90.5 Å². The largest absolute Gasteiger partial charge is 0.492 e. The molecule has 7 amide bonds. The van der Waals surface area contributed by atoms with E-state index in [4.69, 9.17) is 82.3 Å². The van der Waals surface area contributed by atoms with Gasteiger partial charge in [-0.2, -0.15) is 5.48 Å². The third-order valence-corrected chi connectivity index (χ3v) is 31.8. The molecule has 4 saturated heterocycles. The average molecular weight is 2170 g/mol. The van der Waals surface area contributed by atoms with Crippen molar-refractivity contribution in [3.05, 3.63) is 108 Å². The second-order valence-electron chi connectivity index (χ2n) is 37.0. The molecule has 0 bridgehead atoms. The summed E-state index contributed by atoms with van der Waals surface area (Å²) in [4.78, 5) is 156. The molecule has 3 unspecified atom stereocenters. The minimum atomic E-state index is -1.97. The van der Waals surface area contributed by atoms with Crippen molar-refractivity contribution in [2.45, 2.75) is 286 Å². The van der Waals surface area contributed by atoms with Crippen LogP contribution < -0.4 is 63.4 Å². The topological polar surface area (TPSA) is 559 Å². The Morgan fingerprint density at radius 2 is 1.49 bits per heavy atom. The highest BCUT2D eigenvalue weighted by molar-refractivity contribution is 14.1. The van der Waals surface area contributed by atoms with Crippen molar-refractivity contribution in [2.24, 2.45) is 40.6 Å². The van der Waals surface area contributed by atoms with E-state index in [1.807, 2.05) is 29.5 Å². The number of Topliss-reactive ketones (excluding diaryl/α,β-unsaturated/α-hetero) is 3. The summed E-state index contributed by atoms with van der Waals surface area (Å²) in [5, 5.41) is 73.0. The van der Waals surface area contributed by atoms with Crippen molar-refractivity contribution in [1.29, 1.82) is 0 Å². The van der Waals surface area contributed by atoms with E-state index < -0.39 is 215 Å². The number of aryl methyl sites for hydroxylation is 1. The molecule has 143 heavy (non-hydrogen) atoms. The van der Waals surface area contributed by atoms with Crippen LogP contribution in [0.15, 0.2) is 81.0 Å². The molecule has 3 aliphatic carbocycles. The van der Waals surface area contributed by atoms with Gasteiger partial charge in [0.05, 0.1) is 83.2 Å². The van der Waals surface area contributed by atoms with Gasteiger partial charge in [-0.1, -0.05) is 95.5 Å². The first-order valence-electron chi connectivity index (χ1n) is 47.5. The number of hydroxylamine groups is 1. The van der Waals surface area contributed by atoms with Crippen LogP contribution in [-0.2, 0) is 87.6 Å². The molecule has 7 aliphatic rings. The van der Waals surface area contributed by atoms with Gasteiger partial charge in [0.2, 0.25) is 34.9 Å². The maximum atomic E-state index is 14.8. The number of nitrogens with two attached hydrogens (primary N) is 2. The number of amides is 7. The van der Waals surface area contributed by atoms with Gasteiger partial charge < -0.3 is 139 Å². The summed E-state index contributed by atoms with van der Waals surface area (Å²) in [6, 6.07) is 7.48. The molecule has 40 nitrogen and oxygen atoms in total. The third kappa shape index (κ3) is 27.7. The zero-order valence-corrected chi connectivity index (χ0v) is 87.4. The molecule has 3 aromatic carbocycles. The van der Waals surface area contributed by atoms with Crippen molar-refractivity contribution in [2.75, 3.05) is 77.7 Å². The van der Waals surface area contributed by atoms with Crippen LogP contribution in [0.5, 0.6) is 17.2 Å². The number of urea groups is 1. The summed E-state index contributed by atoms with van der Waals surface area (Å²) in [6.07, 6.45) is -16.4. The predicted molar refractivity (Wildman–Crippen MR) is 536 cm³/mol. The van der Waals surface area contributed by atoms with Crippen molar-refractivity contribution >= 4 is 137 Å². The number of carbonyl (C=O) groups is 10. The number of thioether (sulfide) groups is 1. The summed E-state index contributed by atoms with van der Waals surface area (Å²) in [6.45, 7) is 19.7. The molecule has 4 aliphatic heterocycles. The van der Waals surface area contributed by atoms with Crippen LogP contribution in [0.4, 0.5) is 25.8 Å². The number of aliphatic hydroxyl groups is 5. The number of methoxy groups -OCH3 is 4. The van der Waals surface area contributed by atoms with Crippen LogP contribution in [0.1, 0.15) is 160 Å². The number of hydrogen-bond acceptors (Lipinski definition) is 36. The van der Waals surface area contributed by atoms with Crippen molar-refractivity contribution < 1.29 is 144 Å². The number of likely N-dealkylation sites (N-methyl/N-ethyl adjacent to an activating group) is 1. The molecule has 1 spiro atoms.